The van der Waals surface area contributed by atoms with Gasteiger partial charge in [-0.2, -0.15) is 0 Å². The first kappa shape index (κ1) is 13.4. The lowest BCUT2D eigenvalue weighted by Crippen LogP contribution is -1.96. The Morgan fingerprint density at radius 1 is 1.28 bits per heavy atom. The Kier molecular flexibility index (Phi) is 3.93. The van der Waals surface area contributed by atoms with Crippen LogP contribution >= 0.6 is 22.9 Å². The molecule has 0 radical (unpaired) electrons. The van der Waals surface area contributed by atoms with Crippen molar-refractivity contribution in [3.63, 3.8) is 0 Å². The van der Waals surface area contributed by atoms with Crippen molar-refractivity contribution in [2.24, 2.45) is 0 Å². The van der Waals surface area contributed by atoms with Crippen LogP contribution in [0, 0.1) is 19.7 Å². The predicted octanol–water partition coefficient (Wildman–Crippen LogP) is 4.84. The van der Waals surface area contributed by atoms with Crippen LogP contribution in [0.5, 0.6) is 5.75 Å². The summed E-state index contributed by atoms with van der Waals surface area (Å²) in [7, 11) is 1.51. The van der Waals surface area contributed by atoms with Crippen LogP contribution < -0.4 is 4.74 Å². The van der Waals surface area contributed by atoms with Gasteiger partial charge >= 0.3 is 0 Å². The number of ether oxygens (including phenoxy) is 1. The second-order valence-electron chi connectivity index (χ2n) is 4.14. The molecule has 1 aromatic carbocycles. The highest BCUT2D eigenvalue weighted by Crippen LogP contribution is 2.37. The van der Waals surface area contributed by atoms with E-state index in [0.717, 1.165) is 4.88 Å². The fourth-order valence-corrected chi connectivity index (χ4v) is 3.13. The zero-order valence-electron chi connectivity index (χ0n) is 10.5. The van der Waals surface area contributed by atoms with Gasteiger partial charge in [0.2, 0.25) is 0 Å². The van der Waals surface area contributed by atoms with Crippen molar-refractivity contribution in [1.29, 1.82) is 0 Å². The minimum Gasteiger partial charge on any atom is -0.497 e. The van der Waals surface area contributed by atoms with Crippen molar-refractivity contribution in [2.75, 3.05) is 7.11 Å². The number of hydrogen-bond acceptors (Lipinski definition) is 2. The summed E-state index contributed by atoms with van der Waals surface area (Å²) in [5.41, 5.74) is 1.67. The smallest absolute Gasteiger partial charge is 0.131 e. The molecule has 4 heteroatoms. The Labute approximate surface area is 115 Å². The number of halogens is 2. The Balaban J connectivity index is 2.36. The van der Waals surface area contributed by atoms with E-state index >= 15 is 0 Å². The highest BCUT2D eigenvalue weighted by atomic mass is 35.5. The molecule has 0 aliphatic rings. The normalized spacial score (nSPS) is 12.5. The summed E-state index contributed by atoms with van der Waals surface area (Å²) in [5.74, 6) is 0.164. The van der Waals surface area contributed by atoms with E-state index in [2.05, 4.69) is 0 Å². The molecule has 2 rings (SSSR count). The summed E-state index contributed by atoms with van der Waals surface area (Å²) in [4.78, 5) is 2.18. The molecule has 0 saturated heterocycles. The summed E-state index contributed by atoms with van der Waals surface area (Å²) in [6, 6.07) is 6.77. The molecule has 1 aromatic heterocycles. The summed E-state index contributed by atoms with van der Waals surface area (Å²) >= 11 is 7.95. The van der Waals surface area contributed by atoms with Gasteiger partial charge in [-0.25, -0.2) is 4.39 Å². The van der Waals surface area contributed by atoms with Gasteiger partial charge in [0.15, 0.2) is 0 Å². The largest absolute Gasteiger partial charge is 0.497 e. The van der Waals surface area contributed by atoms with Crippen molar-refractivity contribution < 1.29 is 9.13 Å². The van der Waals surface area contributed by atoms with Gasteiger partial charge in [0.25, 0.3) is 0 Å². The van der Waals surface area contributed by atoms with Gasteiger partial charge in [-0.1, -0.05) is 6.07 Å². The maximum atomic E-state index is 13.9. The minimum atomic E-state index is -0.451. The molecule has 1 atom stereocenters. The fourth-order valence-electron chi connectivity index (χ4n) is 1.72. The number of rotatable bonds is 3. The maximum absolute atomic E-state index is 13.9. The highest BCUT2D eigenvalue weighted by Gasteiger charge is 2.18. The standard InChI is InChI=1S/C14H14ClFOS/c1-8-6-13(18-9(8)2)14(15)11-5-4-10(17-3)7-12(11)16/h4-7,14H,1-3H3. The van der Waals surface area contributed by atoms with E-state index in [0.29, 0.717) is 11.3 Å². The monoisotopic (exact) mass is 284 g/mol. The summed E-state index contributed by atoms with van der Waals surface area (Å²) < 4.78 is 18.9. The molecule has 0 bridgehead atoms. The van der Waals surface area contributed by atoms with Gasteiger partial charge in [-0.05, 0) is 31.5 Å². The summed E-state index contributed by atoms with van der Waals surface area (Å²) in [6.07, 6.45) is 0. The van der Waals surface area contributed by atoms with Crippen molar-refractivity contribution in [3.8, 4) is 5.75 Å². The van der Waals surface area contributed by atoms with Crippen molar-refractivity contribution in [2.45, 2.75) is 19.2 Å². The number of alkyl halides is 1. The number of hydrogen-bond donors (Lipinski definition) is 0. The summed E-state index contributed by atoms with van der Waals surface area (Å²) in [5, 5.41) is -0.451. The molecule has 0 N–H and O–H groups in total. The third-order valence-corrected chi connectivity index (χ3v) is 4.73. The average Bonchev–Trinajstić information content (AvgIpc) is 2.68. The Bertz CT molecular complexity index is 545. The molecular formula is C14H14ClFOS. The lowest BCUT2D eigenvalue weighted by atomic mass is 10.1. The zero-order valence-corrected chi connectivity index (χ0v) is 12.0. The van der Waals surface area contributed by atoms with E-state index in [1.807, 2.05) is 19.9 Å². The zero-order chi connectivity index (χ0) is 13.3. The maximum Gasteiger partial charge on any atom is 0.131 e. The number of benzene rings is 1. The average molecular weight is 285 g/mol. The lowest BCUT2D eigenvalue weighted by molar-refractivity contribution is 0.411. The van der Waals surface area contributed by atoms with Crippen LogP contribution in [0.2, 0.25) is 0 Å². The molecule has 2 aromatic rings. The second-order valence-corrected chi connectivity index (χ2v) is 5.86. The fraction of sp³-hybridized carbons (Fsp3) is 0.286. The summed E-state index contributed by atoms with van der Waals surface area (Å²) in [6.45, 7) is 4.07. The van der Waals surface area contributed by atoms with Crippen LogP contribution in [-0.4, -0.2) is 7.11 Å². The van der Waals surface area contributed by atoms with Gasteiger partial charge < -0.3 is 4.74 Å². The molecule has 0 aliphatic heterocycles. The first-order chi connectivity index (χ1) is 8.52. The van der Waals surface area contributed by atoms with Crippen molar-refractivity contribution in [3.05, 3.63) is 51.0 Å². The van der Waals surface area contributed by atoms with E-state index in [1.54, 1.807) is 23.5 Å². The van der Waals surface area contributed by atoms with Gasteiger partial charge in [0, 0.05) is 21.4 Å². The van der Waals surface area contributed by atoms with Crippen molar-refractivity contribution >= 4 is 22.9 Å². The SMILES string of the molecule is COc1ccc(C(Cl)c2cc(C)c(C)s2)c(F)c1. The Morgan fingerprint density at radius 3 is 2.50 bits per heavy atom. The van der Waals surface area contributed by atoms with Gasteiger partial charge in [-0.3, -0.25) is 0 Å². The molecule has 0 saturated carbocycles. The number of aryl methyl sites for hydroxylation is 2. The molecule has 0 fully saturated rings. The van der Waals surface area contributed by atoms with E-state index in [9.17, 15) is 4.39 Å². The quantitative estimate of drug-likeness (QED) is 0.733. The Hall–Kier alpha value is -1.06. The van der Waals surface area contributed by atoms with Crippen LogP contribution in [0.1, 0.15) is 26.3 Å². The van der Waals surface area contributed by atoms with Gasteiger partial charge in [0.1, 0.15) is 11.6 Å². The molecule has 0 spiro atoms. The van der Waals surface area contributed by atoms with Crippen LogP contribution in [0.3, 0.4) is 0 Å². The molecule has 96 valence electrons. The molecular weight excluding hydrogens is 271 g/mol. The highest BCUT2D eigenvalue weighted by molar-refractivity contribution is 7.12. The molecule has 0 aliphatic carbocycles. The second kappa shape index (κ2) is 5.29. The molecule has 0 amide bonds. The first-order valence-electron chi connectivity index (χ1n) is 5.57. The molecule has 1 nitrogen and oxygen atoms in total. The van der Waals surface area contributed by atoms with Crippen LogP contribution in [0.25, 0.3) is 0 Å². The lowest BCUT2D eigenvalue weighted by Gasteiger charge is -2.10. The number of methoxy groups -OCH3 is 1. The van der Waals surface area contributed by atoms with Crippen LogP contribution in [0.15, 0.2) is 24.3 Å². The van der Waals surface area contributed by atoms with E-state index in [1.165, 1.54) is 23.6 Å². The topological polar surface area (TPSA) is 9.23 Å². The third-order valence-electron chi connectivity index (χ3n) is 2.92. The van der Waals surface area contributed by atoms with Crippen molar-refractivity contribution in [1.82, 2.24) is 0 Å². The Morgan fingerprint density at radius 2 is 2.00 bits per heavy atom. The van der Waals surface area contributed by atoms with Crippen LogP contribution in [-0.2, 0) is 0 Å². The molecule has 18 heavy (non-hydrogen) atoms. The molecule has 1 unspecified atom stereocenters. The minimum absolute atomic E-state index is 0.335. The van der Waals surface area contributed by atoms with Crippen LogP contribution in [0.4, 0.5) is 4.39 Å². The van der Waals surface area contributed by atoms with Gasteiger partial charge in [0.05, 0.1) is 12.5 Å². The van der Waals surface area contributed by atoms with Gasteiger partial charge in [-0.15, -0.1) is 22.9 Å². The first-order valence-corrected chi connectivity index (χ1v) is 6.82. The third kappa shape index (κ3) is 2.52. The van der Waals surface area contributed by atoms with E-state index in [4.69, 9.17) is 16.3 Å². The number of thiophene rings is 1. The van der Waals surface area contributed by atoms with E-state index in [-0.39, 0.29) is 5.82 Å². The van der Waals surface area contributed by atoms with E-state index < -0.39 is 5.38 Å². The predicted molar refractivity (Wildman–Crippen MR) is 74.4 cm³/mol. The molecule has 1 heterocycles.